The Balaban J connectivity index is 0.000000258. The Morgan fingerprint density at radius 1 is 0.557 bits per heavy atom. The molecule has 2 unspecified atom stereocenters. The highest BCUT2D eigenvalue weighted by molar-refractivity contribution is 5.99. The van der Waals surface area contributed by atoms with Crippen LogP contribution in [0, 0.1) is 16.2 Å². The predicted octanol–water partition coefficient (Wildman–Crippen LogP) is 10.4. The first kappa shape index (κ1) is 76.1. The molecule has 0 aromatic heterocycles. The molecule has 9 N–H and O–H groups in total. The normalized spacial score (nSPS) is 13.9. The number of esters is 4. The van der Waals surface area contributed by atoms with Crippen LogP contribution in [0.5, 0.6) is 17.2 Å². The lowest BCUT2D eigenvalue weighted by atomic mass is 10.0. The van der Waals surface area contributed by atoms with E-state index in [1.54, 1.807) is 196 Å². The van der Waals surface area contributed by atoms with Crippen molar-refractivity contribution in [3.63, 3.8) is 0 Å². The Morgan fingerprint density at radius 2 is 0.938 bits per heavy atom. The van der Waals surface area contributed by atoms with Crippen molar-refractivity contribution in [2.24, 2.45) is 17.2 Å². The summed E-state index contributed by atoms with van der Waals surface area (Å²) < 4.78 is 21.1. The van der Waals surface area contributed by atoms with Gasteiger partial charge in [-0.05, 0) is 184 Å². The Hall–Kier alpha value is -11.6. The minimum Gasteiger partial charge on any atom is -0.465 e. The van der Waals surface area contributed by atoms with E-state index in [0.717, 1.165) is 73.0 Å². The number of carbonyl (C=O) groups is 7. The Kier molecular flexibility index (Phi) is 31.2. The summed E-state index contributed by atoms with van der Waals surface area (Å²) in [4.78, 5) is 108. The van der Waals surface area contributed by atoms with Crippen molar-refractivity contribution < 1.29 is 62.1 Å². The maximum Gasteiger partial charge on any atom is 0.373 e. The molecule has 22 nitrogen and oxygen atoms in total. The van der Waals surface area contributed by atoms with Crippen molar-refractivity contribution in [2.45, 2.75) is 97.6 Å². The molecule has 0 bridgehead atoms. The molecule has 97 heavy (non-hydrogen) atoms. The minimum atomic E-state index is -0.519. The number of likely N-dealkylation sites (tertiary alicyclic amines) is 2. The molecule has 2 aliphatic heterocycles. The zero-order valence-electron chi connectivity index (χ0n) is 55.0. The highest BCUT2D eigenvalue weighted by Gasteiger charge is 2.26. The second-order valence-corrected chi connectivity index (χ2v) is 22.5. The monoisotopic (exact) mass is 1320 g/mol. The van der Waals surface area contributed by atoms with Gasteiger partial charge in [0.15, 0.2) is 0 Å². The van der Waals surface area contributed by atoms with Crippen LogP contribution in [0.2, 0.25) is 0 Å². The number of nitrogens with one attached hydrogen (secondary N) is 3. The second kappa shape index (κ2) is 39.8. The lowest BCUT2D eigenvalue weighted by Gasteiger charge is -2.32. The van der Waals surface area contributed by atoms with Gasteiger partial charge in [-0.25, -0.2) is 14.4 Å². The van der Waals surface area contributed by atoms with E-state index < -0.39 is 23.9 Å². The summed E-state index contributed by atoms with van der Waals surface area (Å²) in [6.07, 6.45) is 17.7. The van der Waals surface area contributed by atoms with Crippen LogP contribution in [0.4, 0.5) is 0 Å². The molecule has 0 aliphatic carbocycles. The van der Waals surface area contributed by atoms with Crippen LogP contribution in [0.25, 0.3) is 18.2 Å². The number of amides is 3. The lowest BCUT2D eigenvalue weighted by molar-refractivity contribution is -0.191. The number of rotatable bonds is 24. The van der Waals surface area contributed by atoms with Gasteiger partial charge in [0, 0.05) is 68.7 Å². The smallest absolute Gasteiger partial charge is 0.373 e. The average Bonchev–Trinajstić information content (AvgIpc) is 1.92. The highest BCUT2D eigenvalue weighted by atomic mass is 16.5. The van der Waals surface area contributed by atoms with Gasteiger partial charge in [0.2, 0.25) is 17.7 Å². The molecular formula is C75H83N9O13. The Morgan fingerprint density at radius 3 is 1.30 bits per heavy atom. The van der Waals surface area contributed by atoms with Gasteiger partial charge in [-0.3, -0.25) is 35.4 Å². The molecule has 0 radical (unpaired) electrons. The van der Waals surface area contributed by atoms with Crippen molar-refractivity contribution in [1.82, 2.24) is 14.7 Å². The highest BCUT2D eigenvalue weighted by Crippen LogP contribution is 2.23. The van der Waals surface area contributed by atoms with E-state index in [-0.39, 0.29) is 67.1 Å². The van der Waals surface area contributed by atoms with Gasteiger partial charge in [-0.1, -0.05) is 85.8 Å². The molecule has 3 amide bonds. The van der Waals surface area contributed by atoms with Gasteiger partial charge in [0.05, 0.1) is 40.8 Å². The third-order valence-corrected chi connectivity index (χ3v) is 15.1. The second-order valence-electron chi connectivity index (χ2n) is 22.5. The maximum absolute atomic E-state index is 12.7. The number of nitrogens with zero attached hydrogens (tertiary/aromatic N) is 3. The first-order valence-electron chi connectivity index (χ1n) is 31.5. The number of carbonyl (C=O) groups excluding carboxylic acids is 9. The van der Waals surface area contributed by atoms with E-state index >= 15 is 0 Å². The zero-order valence-corrected chi connectivity index (χ0v) is 55.0. The molecule has 2 aliphatic rings. The lowest BCUT2D eigenvalue weighted by Crippen LogP contribution is -2.41. The number of nitrogens with two attached hydrogens (primary N) is 3. The number of amidine groups is 3. The number of hydrogen-bond acceptors (Lipinski definition) is 16. The Labute approximate surface area is 564 Å². The number of benzene rings is 6. The van der Waals surface area contributed by atoms with Crippen LogP contribution in [0.3, 0.4) is 0 Å². The summed E-state index contributed by atoms with van der Waals surface area (Å²) in [6.45, 7) is 13.1. The van der Waals surface area contributed by atoms with E-state index in [1.807, 2.05) is 9.80 Å². The molecule has 0 spiro atoms. The SMILES string of the molecule is C=CCN(CC(=O)OCC)C(=O)/C(C)=C/c1ccc(C(=O)Oc2ccc(CC(=N)N)cc2)cc1.CC1CCCCN1C(=O)/C=C/c1ccc(C(=O)Oc2ccc(CC(=N)N)cc2)cc1.CCC1CCCN1C(=O)/C=C/c1ccc(C(=O)Oc2ccc(CC(=N)N)cc2)cc1.O=C=O. The van der Waals surface area contributed by atoms with Crippen molar-refractivity contribution >= 4 is 83.5 Å². The fraction of sp³-hybridized carbons (Fsp3) is 0.267. The van der Waals surface area contributed by atoms with E-state index in [9.17, 15) is 33.6 Å². The molecule has 22 heteroatoms. The van der Waals surface area contributed by atoms with E-state index in [2.05, 4.69) is 20.4 Å². The van der Waals surface area contributed by atoms with Crippen LogP contribution in [0.15, 0.2) is 176 Å². The fourth-order valence-corrected chi connectivity index (χ4v) is 10.2. The fourth-order valence-electron chi connectivity index (χ4n) is 10.2. The van der Waals surface area contributed by atoms with Gasteiger partial charge < -0.3 is 50.8 Å². The van der Waals surface area contributed by atoms with Gasteiger partial charge in [-0.15, -0.1) is 6.58 Å². The molecule has 2 heterocycles. The number of hydrogen-bond donors (Lipinski definition) is 6. The van der Waals surface area contributed by atoms with E-state index in [1.165, 1.54) is 11.3 Å². The molecule has 2 saturated heterocycles. The van der Waals surface area contributed by atoms with Crippen molar-refractivity contribution in [2.75, 3.05) is 32.8 Å². The maximum atomic E-state index is 12.7. The van der Waals surface area contributed by atoms with Crippen LogP contribution >= 0.6 is 0 Å². The first-order chi connectivity index (χ1) is 46.5. The quantitative estimate of drug-likeness (QED) is 0.00819. The zero-order chi connectivity index (χ0) is 70.8. The summed E-state index contributed by atoms with van der Waals surface area (Å²) in [5, 5.41) is 21.9. The molecule has 506 valence electrons. The summed E-state index contributed by atoms with van der Waals surface area (Å²) in [7, 11) is 0. The number of piperidine rings is 1. The molecule has 6 aromatic rings. The standard InChI is InChI=1S/C26H29N3O5.2C24H27N3O3.CO2/c1-4-14-29(17-24(30)33-5-2)25(31)18(3)15-19-6-10-21(11-7-19)26(32)34-22-12-8-20(9-13-22)16-23(27)28;1-17-4-2-3-15-27(17)23(28)14-9-18-5-10-20(11-6-18)24(29)30-21-12-7-19(8-13-21)16-22(25)26;1-2-20-4-3-15-27(20)23(28)14-9-17-5-10-19(11-6-17)24(29)30-21-12-7-18(8-13-21)16-22(25)26;2-1-3/h4,6-13,15H,1,5,14,16-17H2,2-3H3,(H3,27,28);5-14,17H,2-4,15-16H2,1H3,(H3,25,26);5-14,20H,2-4,15-16H2,1H3,(H3,25,26);/b18-15+;2*14-9+;. The van der Waals surface area contributed by atoms with Crippen LogP contribution in [-0.2, 0) is 52.8 Å². The van der Waals surface area contributed by atoms with Gasteiger partial charge in [0.1, 0.15) is 23.8 Å². The molecule has 0 saturated carbocycles. The third kappa shape index (κ3) is 26.4. The van der Waals surface area contributed by atoms with Gasteiger partial charge in [-0.2, -0.15) is 9.59 Å². The largest absolute Gasteiger partial charge is 0.465 e. The molecule has 2 fully saturated rings. The van der Waals surface area contributed by atoms with Crippen molar-refractivity contribution in [3.05, 3.63) is 226 Å². The molecular weight excluding hydrogens is 1230 g/mol. The van der Waals surface area contributed by atoms with E-state index in [0.29, 0.717) is 70.4 Å². The summed E-state index contributed by atoms with van der Waals surface area (Å²) in [5.74, 6) is -0.699. The first-order valence-corrected chi connectivity index (χ1v) is 31.5. The van der Waals surface area contributed by atoms with E-state index in [4.69, 9.17) is 62.0 Å². The van der Waals surface area contributed by atoms with Crippen LogP contribution in [-0.4, -0.2) is 125 Å². The number of ether oxygens (including phenoxy) is 4. The average molecular weight is 1320 g/mol. The summed E-state index contributed by atoms with van der Waals surface area (Å²) >= 11 is 0. The summed E-state index contributed by atoms with van der Waals surface area (Å²) in [6, 6.07) is 41.7. The molecule has 8 rings (SSSR count). The predicted molar refractivity (Wildman–Crippen MR) is 371 cm³/mol. The van der Waals surface area contributed by atoms with Crippen molar-refractivity contribution in [1.29, 1.82) is 16.2 Å². The Bertz CT molecular complexity index is 3690. The molecule has 2 atom stereocenters. The minimum absolute atomic E-state index is 0.0268. The van der Waals surface area contributed by atoms with Gasteiger partial charge in [0.25, 0.3) is 0 Å². The topological polar surface area (TPSA) is 350 Å². The van der Waals surface area contributed by atoms with Gasteiger partial charge >= 0.3 is 30.0 Å². The van der Waals surface area contributed by atoms with Crippen molar-refractivity contribution in [3.8, 4) is 17.2 Å². The van der Waals surface area contributed by atoms with Crippen LogP contribution in [0.1, 0.15) is 131 Å². The summed E-state index contributed by atoms with van der Waals surface area (Å²) in [5.41, 5.74) is 22.8. The molecule has 6 aromatic carbocycles. The third-order valence-electron chi connectivity index (χ3n) is 15.1. The van der Waals surface area contributed by atoms with Crippen LogP contribution < -0.4 is 31.4 Å².